The fourth-order valence-corrected chi connectivity index (χ4v) is 3.19. The van der Waals surface area contributed by atoms with E-state index in [-0.39, 0.29) is 6.04 Å². The van der Waals surface area contributed by atoms with Gasteiger partial charge in [0.2, 0.25) is 5.91 Å². The minimum Gasteiger partial charge on any atom is -0.381 e. The van der Waals surface area contributed by atoms with Gasteiger partial charge in [-0.25, -0.2) is 0 Å². The molecule has 2 unspecified atom stereocenters. The maximum Gasteiger partial charge on any atom is 0.239 e. The van der Waals surface area contributed by atoms with Crippen LogP contribution in [0.2, 0.25) is 0 Å². The van der Waals surface area contributed by atoms with Gasteiger partial charge in [0.1, 0.15) is 0 Å². The summed E-state index contributed by atoms with van der Waals surface area (Å²) in [4.78, 5) is 14.5. The largest absolute Gasteiger partial charge is 0.381 e. The van der Waals surface area contributed by atoms with Gasteiger partial charge in [-0.2, -0.15) is 0 Å². The Balaban J connectivity index is 1.95. The molecule has 18 heavy (non-hydrogen) atoms. The Morgan fingerprint density at radius 1 is 1.39 bits per heavy atom. The van der Waals surface area contributed by atoms with Crippen molar-refractivity contribution >= 4 is 5.91 Å². The molecular formula is C14H26N2O2. The average molecular weight is 254 g/mol. The van der Waals surface area contributed by atoms with Crippen molar-refractivity contribution in [1.82, 2.24) is 10.2 Å². The number of carbonyl (C=O) groups is 1. The predicted octanol–water partition coefficient (Wildman–Crippen LogP) is 1.40. The lowest BCUT2D eigenvalue weighted by Crippen LogP contribution is -2.55. The molecule has 0 saturated carbocycles. The first-order valence-corrected chi connectivity index (χ1v) is 7.35. The number of hydrogen-bond donors (Lipinski definition) is 1. The zero-order chi connectivity index (χ0) is 13.0. The Hall–Kier alpha value is -0.610. The second kappa shape index (κ2) is 6.53. The summed E-state index contributed by atoms with van der Waals surface area (Å²) in [6.45, 7) is 7.78. The summed E-state index contributed by atoms with van der Waals surface area (Å²) in [6.07, 6.45) is 4.30. The molecule has 0 radical (unpaired) electrons. The number of amides is 1. The molecule has 2 aliphatic heterocycles. The third-order valence-corrected chi connectivity index (χ3v) is 4.36. The molecule has 2 atom stereocenters. The number of likely N-dealkylation sites (tertiary alicyclic amines) is 1. The van der Waals surface area contributed by atoms with E-state index in [4.69, 9.17) is 4.74 Å². The Kier molecular flexibility index (Phi) is 5.01. The first kappa shape index (κ1) is 13.8. The van der Waals surface area contributed by atoms with Gasteiger partial charge in [0.25, 0.3) is 0 Å². The number of carbonyl (C=O) groups excluding carboxylic acids is 1. The summed E-state index contributed by atoms with van der Waals surface area (Å²) < 4.78 is 5.41. The molecule has 104 valence electrons. The Labute approximate surface area is 110 Å². The van der Waals surface area contributed by atoms with Crippen molar-refractivity contribution in [3.05, 3.63) is 0 Å². The standard InChI is InChI=1S/C14H26N2O2/c1-3-15-13-5-4-8-16(14(13)17)11(2)12-6-9-18-10-7-12/h11-13,15H,3-10H2,1-2H3. The van der Waals surface area contributed by atoms with Gasteiger partial charge in [0, 0.05) is 25.8 Å². The van der Waals surface area contributed by atoms with Crippen LogP contribution >= 0.6 is 0 Å². The summed E-state index contributed by atoms with van der Waals surface area (Å²) in [5.74, 6) is 0.921. The SMILES string of the molecule is CCNC1CCCN(C(C)C2CCOCC2)C1=O. The second-order valence-corrected chi connectivity index (χ2v) is 5.47. The summed E-state index contributed by atoms with van der Waals surface area (Å²) in [5, 5.41) is 3.31. The van der Waals surface area contributed by atoms with Crippen LogP contribution in [0.15, 0.2) is 0 Å². The highest BCUT2D eigenvalue weighted by molar-refractivity contribution is 5.82. The summed E-state index contributed by atoms with van der Waals surface area (Å²) in [6, 6.07) is 0.411. The highest BCUT2D eigenvalue weighted by Crippen LogP contribution is 2.25. The Morgan fingerprint density at radius 3 is 2.78 bits per heavy atom. The predicted molar refractivity (Wildman–Crippen MR) is 71.4 cm³/mol. The summed E-state index contributed by atoms with van der Waals surface area (Å²) >= 11 is 0. The van der Waals surface area contributed by atoms with E-state index in [0.717, 1.165) is 52.0 Å². The minimum absolute atomic E-state index is 0.0473. The van der Waals surface area contributed by atoms with E-state index in [1.807, 2.05) is 0 Å². The van der Waals surface area contributed by atoms with Gasteiger partial charge < -0.3 is 15.0 Å². The van der Waals surface area contributed by atoms with Gasteiger partial charge in [-0.1, -0.05) is 6.92 Å². The zero-order valence-corrected chi connectivity index (χ0v) is 11.7. The van der Waals surface area contributed by atoms with Crippen molar-refractivity contribution in [2.45, 2.75) is 51.6 Å². The van der Waals surface area contributed by atoms with Crippen LogP contribution in [-0.2, 0) is 9.53 Å². The molecule has 0 bridgehead atoms. The third-order valence-electron chi connectivity index (χ3n) is 4.36. The Morgan fingerprint density at radius 2 is 2.11 bits per heavy atom. The quantitative estimate of drug-likeness (QED) is 0.824. The van der Waals surface area contributed by atoms with Crippen LogP contribution < -0.4 is 5.32 Å². The highest BCUT2D eigenvalue weighted by atomic mass is 16.5. The molecule has 2 aliphatic rings. The number of piperidine rings is 1. The zero-order valence-electron chi connectivity index (χ0n) is 11.7. The molecule has 0 aromatic carbocycles. The maximum absolute atomic E-state index is 12.4. The fraction of sp³-hybridized carbons (Fsp3) is 0.929. The molecule has 1 N–H and O–H groups in total. The number of ether oxygens (including phenoxy) is 1. The van der Waals surface area contributed by atoms with Crippen LogP contribution in [0.4, 0.5) is 0 Å². The minimum atomic E-state index is 0.0473. The summed E-state index contributed by atoms with van der Waals surface area (Å²) in [7, 11) is 0. The van der Waals surface area contributed by atoms with E-state index in [1.165, 1.54) is 0 Å². The van der Waals surface area contributed by atoms with Gasteiger partial charge in [-0.15, -0.1) is 0 Å². The van der Waals surface area contributed by atoms with Crippen molar-refractivity contribution in [3.8, 4) is 0 Å². The average Bonchev–Trinajstić information content (AvgIpc) is 2.42. The Bertz CT molecular complexity index is 275. The molecule has 4 nitrogen and oxygen atoms in total. The first-order chi connectivity index (χ1) is 8.74. The van der Waals surface area contributed by atoms with Gasteiger partial charge in [-0.3, -0.25) is 4.79 Å². The van der Waals surface area contributed by atoms with E-state index >= 15 is 0 Å². The molecule has 0 aromatic heterocycles. The van der Waals surface area contributed by atoms with Gasteiger partial charge in [0.05, 0.1) is 6.04 Å². The van der Waals surface area contributed by atoms with E-state index in [1.54, 1.807) is 0 Å². The highest BCUT2D eigenvalue weighted by Gasteiger charge is 2.34. The molecular weight excluding hydrogens is 228 g/mol. The molecule has 1 amide bonds. The van der Waals surface area contributed by atoms with Crippen LogP contribution in [0, 0.1) is 5.92 Å². The van der Waals surface area contributed by atoms with E-state index in [2.05, 4.69) is 24.1 Å². The lowest BCUT2D eigenvalue weighted by Gasteiger charge is -2.41. The maximum atomic E-state index is 12.4. The van der Waals surface area contributed by atoms with Crippen molar-refractivity contribution in [3.63, 3.8) is 0 Å². The number of rotatable bonds is 4. The normalized spacial score (nSPS) is 28.4. The number of nitrogens with one attached hydrogen (secondary N) is 1. The molecule has 2 fully saturated rings. The van der Waals surface area contributed by atoms with Gasteiger partial charge in [-0.05, 0) is 45.1 Å². The molecule has 2 rings (SSSR count). The smallest absolute Gasteiger partial charge is 0.239 e. The van der Waals surface area contributed by atoms with Crippen molar-refractivity contribution in [2.75, 3.05) is 26.3 Å². The second-order valence-electron chi connectivity index (χ2n) is 5.47. The molecule has 2 heterocycles. The molecule has 0 aliphatic carbocycles. The van der Waals surface area contributed by atoms with Crippen LogP contribution in [0.5, 0.6) is 0 Å². The van der Waals surface area contributed by atoms with Crippen LogP contribution in [0.1, 0.15) is 39.5 Å². The topological polar surface area (TPSA) is 41.6 Å². The van der Waals surface area contributed by atoms with Crippen molar-refractivity contribution in [1.29, 1.82) is 0 Å². The van der Waals surface area contributed by atoms with Gasteiger partial charge >= 0.3 is 0 Å². The third kappa shape index (κ3) is 3.04. The van der Waals surface area contributed by atoms with E-state index < -0.39 is 0 Å². The molecule has 0 aromatic rings. The lowest BCUT2D eigenvalue weighted by atomic mass is 9.90. The number of hydrogen-bond acceptors (Lipinski definition) is 3. The summed E-state index contributed by atoms with van der Waals surface area (Å²) in [5.41, 5.74) is 0. The lowest BCUT2D eigenvalue weighted by molar-refractivity contribution is -0.140. The molecule has 4 heteroatoms. The van der Waals surface area contributed by atoms with Crippen LogP contribution in [-0.4, -0.2) is 49.2 Å². The number of nitrogens with zero attached hydrogens (tertiary/aromatic N) is 1. The van der Waals surface area contributed by atoms with E-state index in [0.29, 0.717) is 17.9 Å². The molecule has 0 spiro atoms. The van der Waals surface area contributed by atoms with Crippen molar-refractivity contribution < 1.29 is 9.53 Å². The monoisotopic (exact) mass is 254 g/mol. The van der Waals surface area contributed by atoms with Crippen LogP contribution in [0.25, 0.3) is 0 Å². The number of likely N-dealkylation sites (N-methyl/N-ethyl adjacent to an activating group) is 1. The molecule has 2 saturated heterocycles. The fourth-order valence-electron chi connectivity index (χ4n) is 3.19. The van der Waals surface area contributed by atoms with E-state index in [9.17, 15) is 4.79 Å². The van der Waals surface area contributed by atoms with Crippen molar-refractivity contribution in [2.24, 2.45) is 5.92 Å². The first-order valence-electron chi connectivity index (χ1n) is 7.35. The van der Waals surface area contributed by atoms with Crippen LogP contribution in [0.3, 0.4) is 0 Å². The van der Waals surface area contributed by atoms with Gasteiger partial charge in [0.15, 0.2) is 0 Å².